The van der Waals surface area contributed by atoms with E-state index >= 15 is 0 Å². The molecule has 10 rings (SSSR count). The van der Waals surface area contributed by atoms with E-state index in [9.17, 15) is 0 Å². The van der Waals surface area contributed by atoms with Crippen LogP contribution in [0.25, 0.3) is 77.5 Å². The third-order valence-corrected chi connectivity index (χ3v) is 10.3. The Morgan fingerprint density at radius 2 is 0.926 bits per heavy atom. The number of aromatic nitrogens is 1. The van der Waals surface area contributed by atoms with Gasteiger partial charge in [0.05, 0.1) is 0 Å². The van der Waals surface area contributed by atoms with Crippen molar-refractivity contribution in [2.75, 3.05) is 4.90 Å². The maximum atomic E-state index is 6.59. The van der Waals surface area contributed by atoms with E-state index in [0.717, 1.165) is 72.1 Å². The topological polar surface area (TPSA) is 29.3 Å². The highest BCUT2D eigenvalue weighted by Gasteiger charge is 2.17. The van der Waals surface area contributed by atoms with Gasteiger partial charge in [0.2, 0.25) is 5.89 Å². The molecule has 0 fully saturated rings. The normalized spacial score (nSPS) is 11.3. The van der Waals surface area contributed by atoms with Gasteiger partial charge in [0.1, 0.15) is 5.52 Å². The van der Waals surface area contributed by atoms with E-state index in [-0.39, 0.29) is 0 Å². The lowest BCUT2D eigenvalue weighted by atomic mass is 9.90. The average Bonchev–Trinajstić information content (AvgIpc) is 3.70. The van der Waals surface area contributed by atoms with Crippen LogP contribution in [0.2, 0.25) is 0 Å². The number of anilines is 3. The minimum Gasteiger partial charge on any atom is -0.435 e. The lowest BCUT2D eigenvalue weighted by Crippen LogP contribution is -2.09. The van der Waals surface area contributed by atoms with Crippen molar-refractivity contribution in [3.63, 3.8) is 0 Å². The molecule has 0 unspecified atom stereocenters. The van der Waals surface area contributed by atoms with Crippen LogP contribution in [0.15, 0.2) is 211 Å². The second-order valence-electron chi connectivity index (χ2n) is 13.6. The molecule has 10 aromatic rings. The molecule has 1 aromatic heterocycles. The van der Waals surface area contributed by atoms with Crippen LogP contribution >= 0.6 is 0 Å². The first kappa shape index (κ1) is 31.5. The summed E-state index contributed by atoms with van der Waals surface area (Å²) < 4.78 is 6.59. The van der Waals surface area contributed by atoms with Gasteiger partial charge in [-0.3, -0.25) is 0 Å². The summed E-state index contributed by atoms with van der Waals surface area (Å²) in [6.45, 7) is 0. The minimum atomic E-state index is 0.627. The van der Waals surface area contributed by atoms with Crippen molar-refractivity contribution in [3.05, 3.63) is 206 Å². The number of rotatable bonds is 7. The minimum absolute atomic E-state index is 0.627. The van der Waals surface area contributed by atoms with Gasteiger partial charge in [-0.05, 0) is 116 Å². The Kier molecular flexibility index (Phi) is 7.81. The van der Waals surface area contributed by atoms with Gasteiger partial charge in [0.25, 0.3) is 0 Å². The van der Waals surface area contributed by atoms with E-state index in [1.165, 1.54) is 16.5 Å². The summed E-state index contributed by atoms with van der Waals surface area (Å²) in [5, 5.41) is 4.51. The van der Waals surface area contributed by atoms with Gasteiger partial charge in [-0.15, -0.1) is 0 Å². The van der Waals surface area contributed by atoms with E-state index in [1.54, 1.807) is 0 Å². The molecule has 54 heavy (non-hydrogen) atoms. The average molecular weight is 691 g/mol. The van der Waals surface area contributed by atoms with Crippen molar-refractivity contribution < 1.29 is 4.42 Å². The summed E-state index contributed by atoms with van der Waals surface area (Å²) >= 11 is 0. The highest BCUT2D eigenvalue weighted by atomic mass is 16.3. The molecule has 0 saturated carbocycles. The Labute approximate surface area is 314 Å². The van der Waals surface area contributed by atoms with E-state index in [0.29, 0.717) is 5.89 Å². The molecule has 0 spiro atoms. The molecule has 0 bridgehead atoms. The highest BCUT2D eigenvalue weighted by molar-refractivity contribution is 6.06. The maximum Gasteiger partial charge on any atom is 0.227 e. The van der Waals surface area contributed by atoms with Crippen molar-refractivity contribution in [2.24, 2.45) is 0 Å². The van der Waals surface area contributed by atoms with Gasteiger partial charge >= 0.3 is 0 Å². The number of oxazole rings is 1. The number of nitrogens with zero attached hydrogens (tertiary/aromatic N) is 2. The molecular weight excluding hydrogens is 657 g/mol. The third kappa shape index (κ3) is 5.78. The lowest BCUT2D eigenvalue weighted by molar-refractivity contribution is 0.623. The van der Waals surface area contributed by atoms with Crippen LogP contribution < -0.4 is 4.90 Å². The van der Waals surface area contributed by atoms with Crippen LogP contribution in [0, 0.1) is 0 Å². The fraction of sp³-hybridized carbons (Fsp3) is 0. The zero-order valence-corrected chi connectivity index (χ0v) is 29.4. The molecule has 3 heteroatoms. The Bertz CT molecular complexity index is 2880. The first-order valence-electron chi connectivity index (χ1n) is 18.3. The van der Waals surface area contributed by atoms with Gasteiger partial charge < -0.3 is 9.32 Å². The SMILES string of the molecule is c1ccc(-c2ccc(-c3ccc4ccc5nc(-c6ccc7ccccc7c6)oc5c4c3)c(-c3ccc(N(c4ccccc4)c4ccccc4)cc3)c2)cc1. The van der Waals surface area contributed by atoms with Crippen LogP contribution in [0.4, 0.5) is 17.1 Å². The largest absolute Gasteiger partial charge is 0.435 e. The van der Waals surface area contributed by atoms with E-state index < -0.39 is 0 Å². The summed E-state index contributed by atoms with van der Waals surface area (Å²) in [5.74, 6) is 0.627. The summed E-state index contributed by atoms with van der Waals surface area (Å²) in [6, 6.07) is 73.0. The third-order valence-electron chi connectivity index (χ3n) is 10.3. The molecule has 0 amide bonds. The van der Waals surface area contributed by atoms with Crippen LogP contribution in [-0.2, 0) is 0 Å². The van der Waals surface area contributed by atoms with Crippen molar-refractivity contribution in [1.29, 1.82) is 0 Å². The number of hydrogen-bond donors (Lipinski definition) is 0. The smallest absolute Gasteiger partial charge is 0.227 e. The molecule has 0 aliphatic rings. The van der Waals surface area contributed by atoms with Crippen LogP contribution in [-0.4, -0.2) is 4.98 Å². The summed E-state index contributed by atoms with van der Waals surface area (Å²) in [7, 11) is 0. The summed E-state index contributed by atoms with van der Waals surface area (Å²) in [4.78, 5) is 7.24. The van der Waals surface area contributed by atoms with Gasteiger partial charge in [-0.25, -0.2) is 4.98 Å². The van der Waals surface area contributed by atoms with Crippen molar-refractivity contribution in [1.82, 2.24) is 4.98 Å². The Hall–Kier alpha value is -7.23. The Balaban J connectivity index is 1.09. The molecular formula is C51H34N2O. The fourth-order valence-electron chi connectivity index (χ4n) is 7.55. The predicted octanol–water partition coefficient (Wildman–Crippen LogP) is 14.3. The number of fused-ring (bicyclic) bond motifs is 4. The molecule has 0 N–H and O–H groups in total. The van der Waals surface area contributed by atoms with Gasteiger partial charge in [-0.1, -0.05) is 140 Å². The van der Waals surface area contributed by atoms with Gasteiger partial charge in [0, 0.05) is 28.0 Å². The van der Waals surface area contributed by atoms with Crippen molar-refractivity contribution >= 4 is 49.7 Å². The van der Waals surface area contributed by atoms with E-state index in [1.807, 2.05) is 0 Å². The van der Waals surface area contributed by atoms with Crippen molar-refractivity contribution in [3.8, 4) is 44.8 Å². The molecule has 0 radical (unpaired) electrons. The van der Waals surface area contributed by atoms with E-state index in [2.05, 4.69) is 211 Å². The van der Waals surface area contributed by atoms with Crippen LogP contribution in [0.5, 0.6) is 0 Å². The van der Waals surface area contributed by atoms with Crippen LogP contribution in [0.1, 0.15) is 0 Å². The van der Waals surface area contributed by atoms with E-state index in [4.69, 9.17) is 9.40 Å². The fourth-order valence-corrected chi connectivity index (χ4v) is 7.55. The number of benzene rings is 9. The second-order valence-corrected chi connectivity index (χ2v) is 13.6. The molecule has 1 heterocycles. The molecule has 0 saturated heterocycles. The molecule has 0 aliphatic heterocycles. The van der Waals surface area contributed by atoms with Gasteiger partial charge in [0.15, 0.2) is 5.58 Å². The quantitative estimate of drug-likeness (QED) is 0.167. The summed E-state index contributed by atoms with van der Waals surface area (Å²) in [6.07, 6.45) is 0. The lowest BCUT2D eigenvalue weighted by Gasteiger charge is -2.25. The Morgan fingerprint density at radius 3 is 1.67 bits per heavy atom. The molecule has 254 valence electrons. The first-order chi connectivity index (χ1) is 26.7. The second kappa shape index (κ2) is 13.4. The monoisotopic (exact) mass is 690 g/mol. The number of hydrogen-bond acceptors (Lipinski definition) is 3. The Morgan fingerprint density at radius 1 is 0.352 bits per heavy atom. The molecule has 0 aliphatic carbocycles. The first-order valence-corrected chi connectivity index (χ1v) is 18.3. The standard InChI is InChI=1S/C51H34N2O/c1-4-12-35(13-5-1)40-26-30-46(47(33-40)37-24-28-45(29-25-37)53(43-16-6-2-7-17-43)44-18-8-3-9-19-44)41-22-21-38-27-31-49-50(48(38)34-41)54-51(52-49)42-23-20-36-14-10-11-15-39(36)32-42/h1-34H. The number of para-hydroxylation sites is 2. The van der Waals surface area contributed by atoms with Crippen molar-refractivity contribution in [2.45, 2.75) is 0 Å². The predicted molar refractivity (Wildman–Crippen MR) is 225 cm³/mol. The molecule has 0 atom stereocenters. The molecule has 3 nitrogen and oxygen atoms in total. The van der Waals surface area contributed by atoms with Crippen LogP contribution in [0.3, 0.4) is 0 Å². The maximum absolute atomic E-state index is 6.59. The zero-order chi connectivity index (χ0) is 35.8. The molecule has 9 aromatic carbocycles. The highest BCUT2D eigenvalue weighted by Crippen LogP contribution is 2.41. The summed E-state index contributed by atoms with van der Waals surface area (Å²) in [5.41, 5.74) is 12.9. The van der Waals surface area contributed by atoms with Gasteiger partial charge in [-0.2, -0.15) is 0 Å². The zero-order valence-electron chi connectivity index (χ0n) is 29.4.